The Hall–Kier alpha value is -2.38. The molecule has 2 atom stereocenters. The van der Waals surface area contributed by atoms with Gasteiger partial charge in [-0.2, -0.15) is 30.6 Å². The molecule has 0 saturated carbocycles. The molecule has 1 aromatic carbocycles. The lowest BCUT2D eigenvalue weighted by molar-refractivity contribution is -0.141. The summed E-state index contributed by atoms with van der Waals surface area (Å²) in [4.78, 5) is 4.93. The quantitative estimate of drug-likeness (QED) is 0.607. The Kier molecular flexibility index (Phi) is 6.08. The fraction of sp³-hybridized carbons (Fsp3) is 0.450. The summed E-state index contributed by atoms with van der Waals surface area (Å²) in [5.41, 5.74) is -2.07. The van der Waals surface area contributed by atoms with E-state index >= 15 is 0 Å². The fourth-order valence-electron chi connectivity index (χ4n) is 4.06. The predicted octanol–water partition coefficient (Wildman–Crippen LogP) is 3.65. The second kappa shape index (κ2) is 8.44. The summed E-state index contributed by atoms with van der Waals surface area (Å²) in [6.45, 7) is 0.977. The number of alkyl halides is 6. The maximum atomic E-state index is 13.0. The van der Waals surface area contributed by atoms with Gasteiger partial charge in [0.15, 0.2) is 0 Å². The van der Waals surface area contributed by atoms with Crippen LogP contribution in [0.5, 0.6) is 5.75 Å². The maximum Gasteiger partial charge on any atom is 0.433 e. The van der Waals surface area contributed by atoms with E-state index in [2.05, 4.69) is 4.98 Å². The number of benzene rings is 1. The molecule has 3 heterocycles. The molecule has 2 aliphatic rings. The number of aromatic nitrogens is 1. The number of hydrogen-bond donors (Lipinski definition) is 0. The van der Waals surface area contributed by atoms with Gasteiger partial charge in [0.2, 0.25) is 10.0 Å². The van der Waals surface area contributed by atoms with Crippen molar-refractivity contribution in [3.05, 3.63) is 53.9 Å². The molecule has 2 fully saturated rings. The number of halogens is 6. The van der Waals surface area contributed by atoms with Gasteiger partial charge in [0, 0.05) is 38.6 Å². The van der Waals surface area contributed by atoms with Crippen molar-refractivity contribution in [1.29, 1.82) is 0 Å². The van der Waals surface area contributed by atoms with Crippen molar-refractivity contribution < 1.29 is 39.5 Å². The van der Waals surface area contributed by atoms with Gasteiger partial charge in [-0.25, -0.2) is 13.4 Å². The first-order chi connectivity index (χ1) is 15.3. The van der Waals surface area contributed by atoms with Crippen LogP contribution in [0.3, 0.4) is 0 Å². The van der Waals surface area contributed by atoms with Crippen LogP contribution in [0.2, 0.25) is 0 Å². The third-order valence-corrected chi connectivity index (χ3v) is 7.53. The summed E-state index contributed by atoms with van der Waals surface area (Å²) >= 11 is 0. The van der Waals surface area contributed by atoms with Crippen LogP contribution in [0.4, 0.5) is 26.3 Å². The van der Waals surface area contributed by atoms with Crippen molar-refractivity contribution in [2.75, 3.05) is 26.2 Å². The normalized spacial score (nSPS) is 22.8. The molecule has 0 aliphatic carbocycles. The van der Waals surface area contributed by atoms with Gasteiger partial charge in [-0.1, -0.05) is 6.07 Å². The maximum absolute atomic E-state index is 13.0. The molecule has 0 N–H and O–H groups in total. The molecule has 13 heteroatoms. The molecule has 6 nitrogen and oxygen atoms in total. The van der Waals surface area contributed by atoms with Gasteiger partial charge in [0.05, 0.1) is 16.7 Å². The summed E-state index contributed by atoms with van der Waals surface area (Å²) in [7, 11) is -4.13. The monoisotopic (exact) mass is 495 g/mol. The van der Waals surface area contributed by atoms with Crippen molar-refractivity contribution in [1.82, 2.24) is 14.2 Å². The molecule has 1 aromatic heterocycles. The molecular weight excluding hydrogens is 476 g/mol. The van der Waals surface area contributed by atoms with Crippen LogP contribution in [-0.4, -0.2) is 60.9 Å². The van der Waals surface area contributed by atoms with Crippen LogP contribution in [0, 0.1) is 0 Å². The third-order valence-electron chi connectivity index (χ3n) is 5.67. The highest BCUT2D eigenvalue weighted by molar-refractivity contribution is 7.89. The van der Waals surface area contributed by atoms with Crippen LogP contribution in [-0.2, 0) is 22.4 Å². The second-order valence-corrected chi connectivity index (χ2v) is 9.83. The molecule has 0 bridgehead atoms. The van der Waals surface area contributed by atoms with E-state index in [0.717, 1.165) is 34.8 Å². The summed E-state index contributed by atoms with van der Waals surface area (Å²) in [5, 5.41) is 0. The van der Waals surface area contributed by atoms with Crippen LogP contribution < -0.4 is 4.74 Å². The average molecular weight is 495 g/mol. The Morgan fingerprint density at radius 3 is 2.36 bits per heavy atom. The van der Waals surface area contributed by atoms with E-state index in [1.807, 2.05) is 4.90 Å². The molecule has 2 aliphatic heterocycles. The van der Waals surface area contributed by atoms with E-state index in [-0.39, 0.29) is 31.0 Å². The molecule has 180 valence electrons. The Labute approximate surface area is 185 Å². The summed E-state index contributed by atoms with van der Waals surface area (Å²) in [6, 6.07) is 5.40. The number of nitrogens with zero attached hydrogens (tertiary/aromatic N) is 3. The highest BCUT2D eigenvalue weighted by Gasteiger charge is 2.41. The smallest absolute Gasteiger partial charge is 0.433 e. The highest BCUT2D eigenvalue weighted by atomic mass is 32.2. The zero-order valence-corrected chi connectivity index (χ0v) is 17.8. The van der Waals surface area contributed by atoms with Crippen molar-refractivity contribution in [2.45, 2.75) is 35.8 Å². The Morgan fingerprint density at radius 1 is 0.970 bits per heavy atom. The van der Waals surface area contributed by atoms with Gasteiger partial charge in [0.25, 0.3) is 0 Å². The molecular formula is C20H19F6N3O3S. The standard InChI is InChI=1S/C20H19F6N3O3S/c21-19(22,23)13-2-1-3-17(8-13)33(30,31)29-7-6-28-12-16(9-14(28)11-29)32-15-4-5-18(27-10-15)20(24,25)26/h1-5,8,10,14,16H,6-7,9,11-12H2/t14-,16+/m0/s1. The minimum absolute atomic E-state index is 0.0731. The van der Waals surface area contributed by atoms with E-state index in [1.165, 1.54) is 6.07 Å². The van der Waals surface area contributed by atoms with E-state index < -0.39 is 38.5 Å². The number of sulfonamides is 1. The summed E-state index contributed by atoms with van der Waals surface area (Å²) in [6.07, 6.45) is -8.20. The Morgan fingerprint density at radius 2 is 1.73 bits per heavy atom. The van der Waals surface area contributed by atoms with Gasteiger partial charge in [-0.3, -0.25) is 4.90 Å². The number of fused-ring (bicyclic) bond motifs is 1. The Bertz CT molecular complexity index is 1110. The fourth-order valence-corrected chi connectivity index (χ4v) is 5.58. The molecule has 2 saturated heterocycles. The first-order valence-corrected chi connectivity index (χ1v) is 11.4. The number of piperazine rings is 1. The van der Waals surface area contributed by atoms with E-state index in [1.54, 1.807) is 0 Å². The van der Waals surface area contributed by atoms with Crippen molar-refractivity contribution in [3.63, 3.8) is 0 Å². The van der Waals surface area contributed by atoms with E-state index in [9.17, 15) is 34.8 Å². The Balaban J connectivity index is 1.42. The number of pyridine rings is 1. The molecule has 0 unspecified atom stereocenters. The topological polar surface area (TPSA) is 62.7 Å². The van der Waals surface area contributed by atoms with Crippen LogP contribution in [0.15, 0.2) is 47.5 Å². The highest BCUT2D eigenvalue weighted by Crippen LogP contribution is 2.33. The van der Waals surface area contributed by atoms with Crippen molar-refractivity contribution >= 4 is 10.0 Å². The number of hydrogen-bond acceptors (Lipinski definition) is 5. The third kappa shape index (κ3) is 5.09. The minimum Gasteiger partial charge on any atom is -0.487 e. The molecule has 0 radical (unpaired) electrons. The number of ether oxygens (including phenoxy) is 1. The first-order valence-electron chi connectivity index (χ1n) is 9.95. The predicted molar refractivity (Wildman–Crippen MR) is 104 cm³/mol. The first kappa shape index (κ1) is 23.8. The summed E-state index contributed by atoms with van der Waals surface area (Å²) < 4.78 is 110. The zero-order chi connectivity index (χ0) is 24.0. The lowest BCUT2D eigenvalue weighted by atomic mass is 10.2. The van der Waals surface area contributed by atoms with Crippen LogP contribution in [0.1, 0.15) is 17.7 Å². The summed E-state index contributed by atoms with van der Waals surface area (Å²) in [5.74, 6) is 0.168. The molecule has 4 rings (SSSR count). The minimum atomic E-state index is -4.66. The largest absolute Gasteiger partial charge is 0.487 e. The molecule has 0 amide bonds. The second-order valence-electron chi connectivity index (χ2n) is 7.89. The molecule has 0 spiro atoms. The zero-order valence-electron chi connectivity index (χ0n) is 17.0. The van der Waals surface area contributed by atoms with Crippen LogP contribution >= 0.6 is 0 Å². The molecule has 33 heavy (non-hydrogen) atoms. The van der Waals surface area contributed by atoms with Crippen molar-refractivity contribution in [3.8, 4) is 5.75 Å². The van der Waals surface area contributed by atoms with Gasteiger partial charge in [-0.05, 0) is 30.3 Å². The van der Waals surface area contributed by atoms with Gasteiger partial charge in [-0.15, -0.1) is 0 Å². The van der Waals surface area contributed by atoms with E-state index in [0.29, 0.717) is 25.6 Å². The lowest BCUT2D eigenvalue weighted by Gasteiger charge is -2.36. The van der Waals surface area contributed by atoms with Gasteiger partial charge in [0.1, 0.15) is 17.5 Å². The number of rotatable bonds is 4. The van der Waals surface area contributed by atoms with Crippen LogP contribution in [0.25, 0.3) is 0 Å². The SMILES string of the molecule is O=S(=O)(c1cccc(C(F)(F)F)c1)N1CCN2C[C@H](Oc3ccc(C(F)(F)F)nc3)C[C@H]2C1. The van der Waals surface area contributed by atoms with Gasteiger partial charge >= 0.3 is 12.4 Å². The molecule has 2 aromatic rings. The lowest BCUT2D eigenvalue weighted by Crippen LogP contribution is -2.51. The van der Waals surface area contributed by atoms with Crippen molar-refractivity contribution in [2.24, 2.45) is 0 Å². The average Bonchev–Trinajstić information content (AvgIpc) is 3.14. The van der Waals surface area contributed by atoms with Gasteiger partial charge < -0.3 is 4.74 Å². The van der Waals surface area contributed by atoms with E-state index in [4.69, 9.17) is 4.74 Å².